The number of aromatic nitrogens is 5. The van der Waals surface area contributed by atoms with Crippen molar-refractivity contribution in [1.82, 2.24) is 30.3 Å². The molecule has 11 heteroatoms. The Morgan fingerprint density at radius 2 is 2.00 bits per heavy atom. The molecule has 11 nitrogen and oxygen atoms in total. The van der Waals surface area contributed by atoms with Crippen molar-refractivity contribution >= 4 is 28.5 Å². The molecule has 0 saturated carbocycles. The number of anilines is 1. The van der Waals surface area contributed by atoms with E-state index < -0.39 is 11.8 Å². The Morgan fingerprint density at radius 3 is 2.68 bits per heavy atom. The number of hydrogen-bond acceptors (Lipinski definition) is 9. The third-order valence-corrected chi connectivity index (χ3v) is 6.43. The van der Waals surface area contributed by atoms with Crippen molar-refractivity contribution in [2.24, 2.45) is 0 Å². The molecule has 0 radical (unpaired) electrons. The SMILES string of the molecule is CCOc1cc(-c2ccc(N3CCC(C)(NOC(=O)OC(C)(C)C)CC3)nc2)c2c3cn[nH]c3nn2c1. The lowest BCUT2D eigenvalue weighted by molar-refractivity contribution is -0.0564. The molecule has 4 aromatic heterocycles. The Hall–Kier alpha value is -3.86. The van der Waals surface area contributed by atoms with E-state index in [4.69, 9.17) is 19.3 Å². The molecule has 0 aliphatic carbocycles. The Bertz CT molecular complexity index is 1400. The first kappa shape index (κ1) is 24.8. The zero-order valence-corrected chi connectivity index (χ0v) is 21.9. The third-order valence-electron chi connectivity index (χ3n) is 6.43. The average Bonchev–Trinajstić information content (AvgIpc) is 3.44. The molecule has 1 aliphatic rings. The Labute approximate surface area is 215 Å². The topological polar surface area (TPSA) is 119 Å². The van der Waals surface area contributed by atoms with Crippen molar-refractivity contribution in [1.29, 1.82) is 0 Å². The smallest absolute Gasteiger partial charge is 0.492 e. The van der Waals surface area contributed by atoms with Crippen LogP contribution in [0.2, 0.25) is 0 Å². The lowest BCUT2D eigenvalue weighted by Gasteiger charge is -2.39. The van der Waals surface area contributed by atoms with Crippen LogP contribution in [0.15, 0.2) is 36.8 Å². The molecule has 37 heavy (non-hydrogen) atoms. The Balaban J connectivity index is 1.30. The van der Waals surface area contributed by atoms with Gasteiger partial charge in [0.1, 0.15) is 17.2 Å². The van der Waals surface area contributed by atoms with Gasteiger partial charge in [0.25, 0.3) is 0 Å². The summed E-state index contributed by atoms with van der Waals surface area (Å²) < 4.78 is 12.8. The van der Waals surface area contributed by atoms with Gasteiger partial charge in [-0.05, 0) is 65.7 Å². The zero-order valence-electron chi connectivity index (χ0n) is 21.9. The van der Waals surface area contributed by atoms with Crippen molar-refractivity contribution in [2.45, 2.75) is 58.6 Å². The predicted molar refractivity (Wildman–Crippen MR) is 140 cm³/mol. The molecule has 1 saturated heterocycles. The molecular formula is C26H33N7O4. The van der Waals surface area contributed by atoms with Crippen LogP contribution in [0.25, 0.3) is 27.7 Å². The van der Waals surface area contributed by atoms with E-state index in [-0.39, 0.29) is 5.54 Å². The molecule has 4 aromatic rings. The fourth-order valence-electron chi connectivity index (χ4n) is 4.51. The van der Waals surface area contributed by atoms with Gasteiger partial charge >= 0.3 is 6.16 Å². The average molecular weight is 508 g/mol. The van der Waals surface area contributed by atoms with Crippen molar-refractivity contribution in [3.8, 4) is 16.9 Å². The van der Waals surface area contributed by atoms with Crippen LogP contribution in [0.4, 0.5) is 10.6 Å². The molecule has 0 unspecified atom stereocenters. The molecule has 0 aromatic carbocycles. The Morgan fingerprint density at radius 1 is 1.22 bits per heavy atom. The third kappa shape index (κ3) is 5.31. The molecular weight excluding hydrogens is 474 g/mol. The minimum absolute atomic E-state index is 0.337. The maximum atomic E-state index is 11.9. The Kier molecular flexibility index (Phi) is 6.40. The zero-order chi connectivity index (χ0) is 26.2. The number of hydroxylamine groups is 1. The summed E-state index contributed by atoms with van der Waals surface area (Å²) in [5.41, 5.74) is 5.60. The van der Waals surface area contributed by atoms with Gasteiger partial charge in [-0.15, -0.1) is 10.6 Å². The number of ether oxygens (including phenoxy) is 2. The fourth-order valence-corrected chi connectivity index (χ4v) is 4.51. The van der Waals surface area contributed by atoms with Gasteiger partial charge in [0.05, 0.1) is 35.4 Å². The molecule has 0 bridgehead atoms. The van der Waals surface area contributed by atoms with Crippen LogP contribution in [-0.2, 0) is 9.57 Å². The maximum Gasteiger partial charge on any atom is 0.528 e. The van der Waals surface area contributed by atoms with Crippen LogP contribution in [-0.4, -0.2) is 61.8 Å². The first-order valence-corrected chi connectivity index (χ1v) is 12.5. The first-order chi connectivity index (χ1) is 17.6. The van der Waals surface area contributed by atoms with Crippen LogP contribution in [0, 0.1) is 0 Å². The van der Waals surface area contributed by atoms with E-state index >= 15 is 0 Å². The molecule has 0 spiro atoms. The van der Waals surface area contributed by atoms with Crippen LogP contribution >= 0.6 is 0 Å². The van der Waals surface area contributed by atoms with Crippen LogP contribution < -0.4 is 15.1 Å². The molecule has 196 valence electrons. The second-order valence-electron chi connectivity index (χ2n) is 10.6. The van der Waals surface area contributed by atoms with Crippen molar-refractivity contribution in [3.05, 3.63) is 36.8 Å². The number of rotatable bonds is 6. The molecule has 5 rings (SSSR count). The van der Waals surface area contributed by atoms with E-state index in [1.807, 2.05) is 42.9 Å². The van der Waals surface area contributed by atoms with Gasteiger partial charge in [0.2, 0.25) is 0 Å². The quantitative estimate of drug-likeness (QED) is 0.287. The van der Waals surface area contributed by atoms with E-state index in [0.29, 0.717) is 6.61 Å². The van der Waals surface area contributed by atoms with E-state index in [1.54, 1.807) is 27.0 Å². The maximum absolute atomic E-state index is 11.9. The summed E-state index contributed by atoms with van der Waals surface area (Å²) in [6.45, 7) is 11.5. The van der Waals surface area contributed by atoms with Gasteiger partial charge in [-0.1, -0.05) is 0 Å². The molecule has 0 atom stereocenters. The summed E-state index contributed by atoms with van der Waals surface area (Å²) in [7, 11) is 0. The number of nitrogens with one attached hydrogen (secondary N) is 2. The number of fused-ring (bicyclic) bond motifs is 3. The lowest BCUT2D eigenvalue weighted by atomic mass is 9.90. The van der Waals surface area contributed by atoms with Crippen molar-refractivity contribution in [2.75, 3.05) is 24.6 Å². The highest BCUT2D eigenvalue weighted by atomic mass is 16.8. The predicted octanol–water partition coefficient (Wildman–Crippen LogP) is 4.49. The van der Waals surface area contributed by atoms with Crippen molar-refractivity contribution in [3.63, 3.8) is 0 Å². The normalized spacial score (nSPS) is 15.8. The van der Waals surface area contributed by atoms with Gasteiger partial charge in [0, 0.05) is 30.4 Å². The van der Waals surface area contributed by atoms with E-state index in [1.165, 1.54) is 0 Å². The van der Waals surface area contributed by atoms with E-state index in [0.717, 1.165) is 65.2 Å². The summed E-state index contributed by atoms with van der Waals surface area (Å²) in [5.74, 6) is 1.64. The van der Waals surface area contributed by atoms with Gasteiger partial charge in [-0.3, -0.25) is 5.10 Å². The minimum Gasteiger partial charge on any atom is -0.492 e. The molecule has 1 fully saturated rings. The number of piperidine rings is 1. The number of carbonyl (C=O) groups is 1. The van der Waals surface area contributed by atoms with Gasteiger partial charge in [-0.2, -0.15) is 5.10 Å². The second-order valence-corrected chi connectivity index (χ2v) is 10.6. The summed E-state index contributed by atoms with van der Waals surface area (Å²) in [6.07, 6.45) is 6.39. The molecule has 5 heterocycles. The molecule has 2 N–H and O–H groups in total. The number of H-pyrrole nitrogens is 1. The lowest BCUT2D eigenvalue weighted by Crippen LogP contribution is -2.52. The number of aromatic amines is 1. The van der Waals surface area contributed by atoms with E-state index in [2.05, 4.69) is 31.7 Å². The van der Waals surface area contributed by atoms with Crippen molar-refractivity contribution < 1.29 is 19.1 Å². The largest absolute Gasteiger partial charge is 0.528 e. The monoisotopic (exact) mass is 507 g/mol. The molecule has 1 aliphatic heterocycles. The highest BCUT2D eigenvalue weighted by Crippen LogP contribution is 2.34. The summed E-state index contributed by atoms with van der Waals surface area (Å²) >= 11 is 0. The first-order valence-electron chi connectivity index (χ1n) is 12.5. The van der Waals surface area contributed by atoms with Crippen LogP contribution in [0.5, 0.6) is 5.75 Å². The number of pyridine rings is 2. The summed E-state index contributed by atoms with van der Waals surface area (Å²) in [5, 5.41) is 12.6. The van der Waals surface area contributed by atoms with Gasteiger partial charge in [0.15, 0.2) is 5.65 Å². The summed E-state index contributed by atoms with van der Waals surface area (Å²) in [6, 6.07) is 6.13. The fraction of sp³-hybridized carbons (Fsp3) is 0.462. The highest BCUT2D eigenvalue weighted by molar-refractivity contribution is 6.00. The highest BCUT2D eigenvalue weighted by Gasteiger charge is 2.32. The van der Waals surface area contributed by atoms with Gasteiger partial charge < -0.3 is 19.2 Å². The molecule has 0 amide bonds. The van der Waals surface area contributed by atoms with E-state index in [9.17, 15) is 4.79 Å². The number of nitrogens with zero attached hydrogens (tertiary/aromatic N) is 5. The summed E-state index contributed by atoms with van der Waals surface area (Å²) in [4.78, 5) is 24.1. The standard InChI is InChI=1S/C26H33N7O4/c1-6-35-18-13-19(22-20-15-28-29-23(20)30-33(22)16-18)17-7-8-21(27-14-17)32-11-9-26(5,10-12-32)31-37-24(34)36-25(2,3)4/h7-8,13-16,31H,6,9-12H2,1-5H3,(H,29,30). The number of carbonyl (C=O) groups excluding carboxylic acids is 1. The van der Waals surface area contributed by atoms with Gasteiger partial charge in [-0.25, -0.2) is 14.3 Å². The second kappa shape index (κ2) is 9.55. The van der Waals surface area contributed by atoms with Crippen LogP contribution in [0.3, 0.4) is 0 Å². The number of hydrogen-bond donors (Lipinski definition) is 2. The van der Waals surface area contributed by atoms with Crippen LogP contribution in [0.1, 0.15) is 47.5 Å². The minimum atomic E-state index is -0.721.